The average molecular weight is 401 g/mol. The van der Waals surface area contributed by atoms with Crippen LogP contribution in [0.2, 0.25) is 5.02 Å². The number of hydrogen-bond acceptors (Lipinski definition) is 2. The SMILES string of the molecule is CCC(C(=O)OCc1ccccc1)c1ccc(-c2cccc(Cl)c2)cc1.Cl. The van der Waals surface area contributed by atoms with E-state index in [2.05, 4.69) is 0 Å². The van der Waals surface area contributed by atoms with Crippen LogP contribution in [0.5, 0.6) is 0 Å². The summed E-state index contributed by atoms with van der Waals surface area (Å²) in [5.41, 5.74) is 4.09. The molecule has 0 bridgehead atoms. The first-order valence-electron chi connectivity index (χ1n) is 8.74. The van der Waals surface area contributed by atoms with Crippen molar-refractivity contribution in [2.75, 3.05) is 0 Å². The van der Waals surface area contributed by atoms with Crippen LogP contribution in [0.25, 0.3) is 11.1 Å². The van der Waals surface area contributed by atoms with Crippen LogP contribution < -0.4 is 0 Å². The molecular weight excluding hydrogens is 379 g/mol. The van der Waals surface area contributed by atoms with Gasteiger partial charge in [-0.3, -0.25) is 4.79 Å². The summed E-state index contributed by atoms with van der Waals surface area (Å²) in [5, 5.41) is 0.711. The Bertz CT molecular complexity index is 861. The van der Waals surface area contributed by atoms with E-state index in [4.69, 9.17) is 16.3 Å². The van der Waals surface area contributed by atoms with Crippen molar-refractivity contribution in [1.82, 2.24) is 0 Å². The van der Waals surface area contributed by atoms with Gasteiger partial charge in [0.1, 0.15) is 6.61 Å². The number of esters is 1. The molecule has 0 spiro atoms. The Hall–Kier alpha value is -2.29. The van der Waals surface area contributed by atoms with E-state index in [0.29, 0.717) is 18.1 Å². The fourth-order valence-electron chi connectivity index (χ4n) is 2.94. The second kappa shape index (κ2) is 10.1. The quantitative estimate of drug-likeness (QED) is 0.432. The molecule has 0 N–H and O–H groups in total. The minimum atomic E-state index is -0.257. The Kier molecular flexibility index (Phi) is 7.90. The molecule has 1 unspecified atom stereocenters. The summed E-state index contributed by atoms with van der Waals surface area (Å²) < 4.78 is 5.51. The third-order valence-corrected chi connectivity index (χ3v) is 4.62. The predicted molar refractivity (Wildman–Crippen MR) is 113 cm³/mol. The molecule has 0 saturated carbocycles. The molecule has 0 fully saturated rings. The lowest BCUT2D eigenvalue weighted by Gasteiger charge is -2.15. The van der Waals surface area contributed by atoms with Crippen LogP contribution in [0, 0.1) is 0 Å². The molecule has 3 aromatic carbocycles. The Morgan fingerprint density at radius 2 is 1.63 bits per heavy atom. The molecule has 4 heteroatoms. The van der Waals surface area contributed by atoms with E-state index >= 15 is 0 Å². The highest BCUT2D eigenvalue weighted by atomic mass is 35.5. The van der Waals surface area contributed by atoms with Gasteiger partial charge in [-0.15, -0.1) is 12.4 Å². The highest BCUT2D eigenvalue weighted by molar-refractivity contribution is 6.30. The van der Waals surface area contributed by atoms with Crippen molar-refractivity contribution < 1.29 is 9.53 Å². The number of carbonyl (C=O) groups excluding carboxylic acids is 1. The van der Waals surface area contributed by atoms with Gasteiger partial charge in [-0.05, 0) is 40.8 Å². The standard InChI is InChI=1S/C23H21ClO2.ClH/c1-2-22(23(25)26-16-17-7-4-3-5-8-17)19-13-11-18(12-14-19)20-9-6-10-21(24)15-20;/h3-15,22H,2,16H2,1H3;1H. The van der Waals surface area contributed by atoms with Gasteiger partial charge in [0.05, 0.1) is 5.92 Å². The third kappa shape index (κ3) is 5.59. The zero-order valence-corrected chi connectivity index (χ0v) is 16.7. The van der Waals surface area contributed by atoms with Gasteiger partial charge in [0.2, 0.25) is 0 Å². The maximum Gasteiger partial charge on any atom is 0.313 e. The molecule has 0 amide bonds. The molecule has 0 aliphatic carbocycles. The van der Waals surface area contributed by atoms with E-state index in [-0.39, 0.29) is 24.3 Å². The lowest BCUT2D eigenvalue weighted by molar-refractivity contribution is -0.146. The zero-order chi connectivity index (χ0) is 18.4. The molecule has 3 rings (SSSR count). The molecule has 0 aliphatic rings. The van der Waals surface area contributed by atoms with E-state index < -0.39 is 0 Å². The monoisotopic (exact) mass is 400 g/mol. The number of ether oxygens (including phenoxy) is 1. The van der Waals surface area contributed by atoms with Gasteiger partial charge in [0.25, 0.3) is 0 Å². The topological polar surface area (TPSA) is 26.3 Å². The molecule has 0 aromatic heterocycles. The molecular formula is C23H22Cl2O2. The van der Waals surface area contributed by atoms with Crippen LogP contribution >= 0.6 is 24.0 Å². The largest absolute Gasteiger partial charge is 0.460 e. The van der Waals surface area contributed by atoms with Crippen LogP contribution in [-0.2, 0) is 16.1 Å². The first-order chi connectivity index (χ1) is 12.7. The number of carbonyl (C=O) groups is 1. The van der Waals surface area contributed by atoms with E-state index in [9.17, 15) is 4.79 Å². The van der Waals surface area contributed by atoms with Gasteiger partial charge in [-0.1, -0.05) is 85.3 Å². The number of benzene rings is 3. The minimum Gasteiger partial charge on any atom is -0.460 e. The van der Waals surface area contributed by atoms with E-state index in [0.717, 1.165) is 22.3 Å². The second-order valence-electron chi connectivity index (χ2n) is 6.19. The maximum atomic E-state index is 12.5. The molecule has 140 valence electrons. The maximum absolute atomic E-state index is 12.5. The van der Waals surface area contributed by atoms with Crippen molar-refractivity contribution in [3.05, 3.63) is 95.0 Å². The van der Waals surface area contributed by atoms with Crippen LogP contribution in [0.15, 0.2) is 78.9 Å². The molecule has 27 heavy (non-hydrogen) atoms. The normalized spacial score (nSPS) is 11.3. The van der Waals surface area contributed by atoms with Crippen molar-refractivity contribution in [3.8, 4) is 11.1 Å². The molecule has 0 aliphatic heterocycles. The molecule has 2 nitrogen and oxygen atoms in total. The smallest absolute Gasteiger partial charge is 0.313 e. The van der Waals surface area contributed by atoms with Crippen LogP contribution in [0.3, 0.4) is 0 Å². The Morgan fingerprint density at radius 1 is 0.926 bits per heavy atom. The summed E-state index contributed by atoms with van der Waals surface area (Å²) in [6.45, 7) is 2.30. The van der Waals surface area contributed by atoms with Gasteiger partial charge < -0.3 is 4.74 Å². The van der Waals surface area contributed by atoms with Crippen LogP contribution in [0.1, 0.15) is 30.4 Å². The van der Waals surface area contributed by atoms with Gasteiger partial charge in [-0.2, -0.15) is 0 Å². The summed E-state index contributed by atoms with van der Waals surface area (Å²) in [6, 6.07) is 25.5. The number of rotatable bonds is 6. The van der Waals surface area contributed by atoms with E-state index in [1.807, 2.05) is 85.8 Å². The number of halogens is 2. The summed E-state index contributed by atoms with van der Waals surface area (Å²) >= 11 is 6.06. The molecule has 0 radical (unpaired) electrons. The summed E-state index contributed by atoms with van der Waals surface area (Å²) in [7, 11) is 0. The summed E-state index contributed by atoms with van der Waals surface area (Å²) in [6.07, 6.45) is 0.699. The highest BCUT2D eigenvalue weighted by Crippen LogP contribution is 2.27. The number of hydrogen-bond donors (Lipinski definition) is 0. The minimum absolute atomic E-state index is 0. The lowest BCUT2D eigenvalue weighted by Crippen LogP contribution is -2.15. The van der Waals surface area contributed by atoms with Crippen molar-refractivity contribution >= 4 is 30.0 Å². The fraction of sp³-hybridized carbons (Fsp3) is 0.174. The Balaban J connectivity index is 0.00000261. The van der Waals surface area contributed by atoms with Gasteiger partial charge in [0, 0.05) is 5.02 Å². The first-order valence-corrected chi connectivity index (χ1v) is 9.11. The molecule has 0 saturated heterocycles. The lowest BCUT2D eigenvalue weighted by atomic mass is 9.94. The Morgan fingerprint density at radius 3 is 2.26 bits per heavy atom. The van der Waals surface area contributed by atoms with Gasteiger partial charge in [-0.25, -0.2) is 0 Å². The van der Waals surface area contributed by atoms with Crippen molar-refractivity contribution in [2.45, 2.75) is 25.9 Å². The first kappa shape index (κ1) is 21.0. The van der Waals surface area contributed by atoms with Crippen molar-refractivity contribution in [1.29, 1.82) is 0 Å². The van der Waals surface area contributed by atoms with E-state index in [1.54, 1.807) is 0 Å². The van der Waals surface area contributed by atoms with Gasteiger partial charge >= 0.3 is 5.97 Å². The van der Waals surface area contributed by atoms with E-state index in [1.165, 1.54) is 0 Å². The highest BCUT2D eigenvalue weighted by Gasteiger charge is 2.20. The van der Waals surface area contributed by atoms with Crippen molar-refractivity contribution in [2.24, 2.45) is 0 Å². The average Bonchev–Trinajstić information content (AvgIpc) is 2.68. The molecule has 3 aromatic rings. The van der Waals surface area contributed by atoms with Crippen LogP contribution in [0.4, 0.5) is 0 Å². The summed E-state index contributed by atoms with van der Waals surface area (Å²) in [4.78, 5) is 12.5. The predicted octanol–water partition coefficient (Wildman–Crippen LogP) is 6.67. The third-order valence-electron chi connectivity index (χ3n) is 4.39. The molecule has 1 atom stereocenters. The second-order valence-corrected chi connectivity index (χ2v) is 6.62. The molecule has 0 heterocycles. The van der Waals surface area contributed by atoms with Gasteiger partial charge in [0.15, 0.2) is 0 Å². The fourth-order valence-corrected chi connectivity index (χ4v) is 3.13. The zero-order valence-electron chi connectivity index (χ0n) is 15.1. The Labute approximate surface area is 171 Å². The summed E-state index contributed by atoms with van der Waals surface area (Å²) in [5.74, 6) is -0.445. The van der Waals surface area contributed by atoms with Crippen molar-refractivity contribution in [3.63, 3.8) is 0 Å². The van der Waals surface area contributed by atoms with Crippen LogP contribution in [-0.4, -0.2) is 5.97 Å².